The average Bonchev–Trinajstić information content (AvgIpc) is 2.35. The van der Waals surface area contributed by atoms with Crippen molar-refractivity contribution in [3.63, 3.8) is 0 Å². The Labute approximate surface area is 123 Å². The van der Waals surface area contributed by atoms with Crippen molar-refractivity contribution in [1.82, 2.24) is 5.32 Å². The second-order valence-corrected chi connectivity index (χ2v) is 5.89. The van der Waals surface area contributed by atoms with Crippen molar-refractivity contribution in [2.75, 3.05) is 13.2 Å². The van der Waals surface area contributed by atoms with Crippen LogP contribution in [0.25, 0.3) is 0 Å². The van der Waals surface area contributed by atoms with Gasteiger partial charge >= 0.3 is 0 Å². The van der Waals surface area contributed by atoms with Gasteiger partial charge in [0, 0.05) is 18.5 Å². The number of primary amides is 1. The van der Waals surface area contributed by atoms with Crippen LogP contribution in [0, 0.1) is 0 Å². The third-order valence-corrected chi connectivity index (χ3v) is 3.32. The molecule has 0 unspecified atom stereocenters. The summed E-state index contributed by atoms with van der Waals surface area (Å²) in [5.41, 5.74) is 5.83. The van der Waals surface area contributed by atoms with Gasteiger partial charge in [0.05, 0.1) is 5.02 Å². The highest BCUT2D eigenvalue weighted by Crippen LogP contribution is 2.38. The van der Waals surface area contributed by atoms with Gasteiger partial charge in [-0.25, -0.2) is 0 Å². The molecule has 6 heteroatoms. The molecule has 1 aliphatic rings. The highest BCUT2D eigenvalue weighted by molar-refractivity contribution is 6.32. The molecule has 0 radical (unpaired) electrons. The fourth-order valence-electron chi connectivity index (χ4n) is 2.11. The van der Waals surface area contributed by atoms with Crippen molar-refractivity contribution in [2.24, 2.45) is 5.73 Å². The number of carbonyl (C=O) groups is 1. The van der Waals surface area contributed by atoms with E-state index < -0.39 is 0 Å². The maximum atomic E-state index is 11.0. The molecule has 1 aliphatic heterocycles. The van der Waals surface area contributed by atoms with E-state index in [4.69, 9.17) is 26.8 Å². The Hall–Kier alpha value is -1.46. The molecule has 0 fully saturated rings. The molecule has 0 spiro atoms. The van der Waals surface area contributed by atoms with E-state index in [0.717, 1.165) is 5.56 Å². The van der Waals surface area contributed by atoms with E-state index in [2.05, 4.69) is 5.32 Å². The third-order valence-electron chi connectivity index (χ3n) is 3.04. The predicted molar refractivity (Wildman–Crippen MR) is 77.2 cm³/mol. The van der Waals surface area contributed by atoms with Gasteiger partial charge in [0.1, 0.15) is 13.2 Å². The number of hydrogen-bond donors (Lipinski definition) is 2. The maximum Gasteiger partial charge on any atom is 0.219 e. The number of benzene rings is 1. The molecule has 1 amide bonds. The number of ether oxygens (including phenoxy) is 2. The number of amides is 1. The van der Waals surface area contributed by atoms with Crippen LogP contribution >= 0.6 is 11.6 Å². The predicted octanol–water partition coefficient (Wildman–Crippen LogP) is 1.85. The molecule has 0 aromatic heterocycles. The lowest BCUT2D eigenvalue weighted by Gasteiger charge is -2.26. The van der Waals surface area contributed by atoms with E-state index in [-0.39, 0.29) is 17.9 Å². The zero-order valence-corrected chi connectivity index (χ0v) is 12.4. The summed E-state index contributed by atoms with van der Waals surface area (Å²) in [6, 6.07) is 3.73. The first-order valence-corrected chi connectivity index (χ1v) is 6.86. The topological polar surface area (TPSA) is 73.6 Å². The van der Waals surface area contributed by atoms with Crippen LogP contribution in [0.15, 0.2) is 12.1 Å². The molecule has 20 heavy (non-hydrogen) atoms. The lowest BCUT2D eigenvalue weighted by molar-refractivity contribution is -0.119. The molecular weight excluding hydrogens is 280 g/mol. The lowest BCUT2D eigenvalue weighted by Crippen LogP contribution is -2.42. The van der Waals surface area contributed by atoms with Crippen molar-refractivity contribution in [2.45, 2.75) is 32.4 Å². The minimum Gasteiger partial charge on any atom is -0.486 e. The zero-order valence-electron chi connectivity index (χ0n) is 11.7. The number of nitrogens with one attached hydrogen (secondary N) is 1. The molecule has 0 atom stereocenters. The van der Waals surface area contributed by atoms with Crippen LogP contribution in [0.2, 0.25) is 5.02 Å². The van der Waals surface area contributed by atoms with E-state index in [9.17, 15) is 4.79 Å². The Morgan fingerprint density at radius 2 is 2.10 bits per heavy atom. The van der Waals surface area contributed by atoms with Gasteiger partial charge in [-0.3, -0.25) is 4.79 Å². The Kier molecular flexibility index (Phi) is 4.40. The average molecular weight is 299 g/mol. The maximum absolute atomic E-state index is 11.0. The molecule has 1 heterocycles. The van der Waals surface area contributed by atoms with Crippen LogP contribution in [0.1, 0.15) is 25.8 Å². The number of rotatable bonds is 5. The number of carbonyl (C=O) groups excluding carboxylic acids is 1. The largest absolute Gasteiger partial charge is 0.486 e. The molecular formula is C14H19ClN2O3. The number of hydrogen-bond acceptors (Lipinski definition) is 4. The second-order valence-electron chi connectivity index (χ2n) is 5.48. The SMILES string of the molecule is CC(C)(CC(N)=O)NCc1cc(Cl)c2c(c1)OCCO2. The number of halogens is 1. The van der Waals surface area contributed by atoms with Crippen molar-refractivity contribution in [1.29, 1.82) is 0 Å². The van der Waals surface area contributed by atoms with E-state index in [0.29, 0.717) is 36.3 Å². The van der Waals surface area contributed by atoms with Gasteiger partial charge in [-0.1, -0.05) is 11.6 Å². The van der Waals surface area contributed by atoms with Gasteiger partial charge in [0.15, 0.2) is 11.5 Å². The highest BCUT2D eigenvalue weighted by Gasteiger charge is 2.21. The first-order valence-electron chi connectivity index (χ1n) is 6.49. The van der Waals surface area contributed by atoms with Crippen molar-refractivity contribution >= 4 is 17.5 Å². The fraction of sp³-hybridized carbons (Fsp3) is 0.500. The molecule has 0 saturated carbocycles. The van der Waals surface area contributed by atoms with E-state index in [1.807, 2.05) is 26.0 Å². The Morgan fingerprint density at radius 1 is 1.40 bits per heavy atom. The summed E-state index contributed by atoms with van der Waals surface area (Å²) in [6.07, 6.45) is 0.269. The van der Waals surface area contributed by atoms with Crippen molar-refractivity contribution < 1.29 is 14.3 Å². The van der Waals surface area contributed by atoms with Crippen molar-refractivity contribution in [3.05, 3.63) is 22.7 Å². The molecule has 0 aliphatic carbocycles. The zero-order chi connectivity index (χ0) is 14.8. The van der Waals surface area contributed by atoms with Gasteiger partial charge in [-0.15, -0.1) is 0 Å². The minimum atomic E-state index is -0.369. The van der Waals surface area contributed by atoms with Crippen LogP contribution in [-0.4, -0.2) is 24.7 Å². The Bertz CT molecular complexity index is 517. The molecule has 1 aromatic carbocycles. The summed E-state index contributed by atoms with van der Waals surface area (Å²) < 4.78 is 11.0. The standard InChI is InChI=1S/C14H19ClN2O3/c1-14(2,7-12(16)18)17-8-9-5-10(15)13-11(6-9)19-3-4-20-13/h5-6,17H,3-4,7-8H2,1-2H3,(H2,16,18). The molecule has 0 saturated heterocycles. The summed E-state index contributed by atoms with van der Waals surface area (Å²) in [5.74, 6) is 0.925. The summed E-state index contributed by atoms with van der Waals surface area (Å²) >= 11 is 6.17. The highest BCUT2D eigenvalue weighted by atomic mass is 35.5. The summed E-state index contributed by atoms with van der Waals surface area (Å²) in [7, 11) is 0. The van der Waals surface area contributed by atoms with Gasteiger partial charge in [-0.05, 0) is 31.5 Å². The van der Waals surface area contributed by atoms with Gasteiger partial charge in [-0.2, -0.15) is 0 Å². The van der Waals surface area contributed by atoms with Gasteiger partial charge < -0.3 is 20.5 Å². The minimum absolute atomic E-state index is 0.269. The summed E-state index contributed by atoms with van der Waals surface area (Å²) in [5, 5.41) is 3.82. The molecule has 0 bridgehead atoms. The lowest BCUT2D eigenvalue weighted by atomic mass is 10.00. The molecule has 5 nitrogen and oxygen atoms in total. The van der Waals surface area contributed by atoms with Crippen molar-refractivity contribution in [3.8, 4) is 11.5 Å². The van der Waals surface area contributed by atoms with Crippen LogP contribution in [-0.2, 0) is 11.3 Å². The quantitative estimate of drug-likeness (QED) is 0.870. The van der Waals surface area contributed by atoms with Gasteiger partial charge in [0.2, 0.25) is 5.91 Å². The smallest absolute Gasteiger partial charge is 0.219 e. The molecule has 1 aromatic rings. The Morgan fingerprint density at radius 3 is 2.80 bits per heavy atom. The third kappa shape index (κ3) is 3.77. The first-order chi connectivity index (χ1) is 9.37. The fourth-order valence-corrected chi connectivity index (χ4v) is 2.39. The normalized spacial score (nSPS) is 14.2. The molecule has 2 rings (SSSR count). The second kappa shape index (κ2) is 5.89. The van der Waals surface area contributed by atoms with Gasteiger partial charge in [0.25, 0.3) is 0 Å². The Balaban J connectivity index is 2.07. The summed E-state index contributed by atoms with van der Waals surface area (Å²) in [4.78, 5) is 11.0. The molecule has 3 N–H and O–H groups in total. The monoisotopic (exact) mass is 298 g/mol. The van der Waals surface area contributed by atoms with E-state index in [1.54, 1.807) is 0 Å². The van der Waals surface area contributed by atoms with Crippen LogP contribution in [0.5, 0.6) is 11.5 Å². The van der Waals surface area contributed by atoms with E-state index >= 15 is 0 Å². The van der Waals surface area contributed by atoms with Crippen LogP contribution in [0.3, 0.4) is 0 Å². The van der Waals surface area contributed by atoms with E-state index in [1.165, 1.54) is 0 Å². The van der Waals surface area contributed by atoms with Crippen LogP contribution in [0.4, 0.5) is 0 Å². The number of nitrogens with two attached hydrogens (primary N) is 1. The number of fused-ring (bicyclic) bond motifs is 1. The first kappa shape index (κ1) is 14.9. The van der Waals surface area contributed by atoms with Crippen LogP contribution < -0.4 is 20.5 Å². The summed E-state index contributed by atoms with van der Waals surface area (Å²) in [6.45, 7) is 5.45. The molecule has 110 valence electrons.